The molecule has 1 aliphatic rings. The van der Waals surface area contributed by atoms with E-state index in [-0.39, 0.29) is 17.4 Å². The van der Waals surface area contributed by atoms with Gasteiger partial charge in [0.1, 0.15) is 11.3 Å². The monoisotopic (exact) mass is 299 g/mol. The van der Waals surface area contributed by atoms with Gasteiger partial charge in [-0.3, -0.25) is 5.32 Å². The van der Waals surface area contributed by atoms with Crippen LogP contribution in [-0.4, -0.2) is 23.7 Å². The van der Waals surface area contributed by atoms with Crippen LogP contribution in [0.4, 0.5) is 8.78 Å². The molecule has 0 radical (unpaired) electrons. The minimum absolute atomic E-state index is 0.0747. The molecule has 21 heavy (non-hydrogen) atoms. The lowest BCUT2D eigenvalue weighted by atomic mass is 9.90. The van der Waals surface area contributed by atoms with Gasteiger partial charge in [0.15, 0.2) is 0 Å². The molecule has 116 valence electrons. The number of halogens is 2. The Morgan fingerprint density at radius 1 is 1.38 bits per heavy atom. The third-order valence-corrected chi connectivity index (χ3v) is 3.92. The van der Waals surface area contributed by atoms with Gasteiger partial charge in [0.05, 0.1) is 0 Å². The predicted molar refractivity (Wildman–Crippen MR) is 73.5 cm³/mol. The van der Waals surface area contributed by atoms with Crippen molar-refractivity contribution < 1.29 is 23.4 Å². The summed E-state index contributed by atoms with van der Waals surface area (Å²) >= 11 is 0. The SMILES string of the molecule is CC(NC1CCCC1)(C(=O)O)c1ccccc1OC(F)F. The van der Waals surface area contributed by atoms with Crippen molar-refractivity contribution in [1.29, 1.82) is 0 Å². The number of hydrogen-bond acceptors (Lipinski definition) is 3. The van der Waals surface area contributed by atoms with Gasteiger partial charge in [-0.1, -0.05) is 31.0 Å². The van der Waals surface area contributed by atoms with Crippen LogP contribution < -0.4 is 10.1 Å². The third kappa shape index (κ3) is 3.50. The lowest BCUT2D eigenvalue weighted by Gasteiger charge is -2.31. The Balaban J connectivity index is 2.34. The topological polar surface area (TPSA) is 58.6 Å². The maximum atomic E-state index is 12.5. The van der Waals surface area contributed by atoms with E-state index in [1.165, 1.54) is 19.1 Å². The lowest BCUT2D eigenvalue weighted by molar-refractivity contribution is -0.145. The number of carbonyl (C=O) groups is 1. The fourth-order valence-corrected chi connectivity index (χ4v) is 2.81. The Hall–Kier alpha value is -1.69. The van der Waals surface area contributed by atoms with E-state index in [1.807, 2.05) is 0 Å². The van der Waals surface area contributed by atoms with Crippen molar-refractivity contribution in [1.82, 2.24) is 5.32 Å². The van der Waals surface area contributed by atoms with E-state index >= 15 is 0 Å². The minimum atomic E-state index is -2.99. The third-order valence-electron chi connectivity index (χ3n) is 3.92. The predicted octanol–water partition coefficient (Wildman–Crippen LogP) is 3.12. The number of benzene rings is 1. The number of hydrogen-bond donors (Lipinski definition) is 2. The van der Waals surface area contributed by atoms with Gasteiger partial charge in [-0.25, -0.2) is 4.79 Å². The molecule has 0 aromatic heterocycles. The Kier molecular flexibility index (Phi) is 4.77. The van der Waals surface area contributed by atoms with Crippen LogP contribution in [0.15, 0.2) is 24.3 Å². The lowest BCUT2D eigenvalue weighted by Crippen LogP contribution is -2.50. The van der Waals surface area contributed by atoms with Crippen LogP contribution >= 0.6 is 0 Å². The summed E-state index contributed by atoms with van der Waals surface area (Å²) < 4.78 is 29.5. The summed E-state index contributed by atoms with van der Waals surface area (Å²) in [6, 6.07) is 6.10. The molecule has 1 aromatic carbocycles. The van der Waals surface area contributed by atoms with E-state index in [9.17, 15) is 18.7 Å². The van der Waals surface area contributed by atoms with Crippen LogP contribution in [0.5, 0.6) is 5.75 Å². The maximum Gasteiger partial charge on any atom is 0.387 e. The second-order valence-corrected chi connectivity index (χ2v) is 5.43. The average molecular weight is 299 g/mol. The van der Waals surface area contributed by atoms with E-state index in [1.54, 1.807) is 12.1 Å². The molecule has 0 saturated heterocycles. The summed E-state index contributed by atoms with van der Waals surface area (Å²) in [5.74, 6) is -1.22. The van der Waals surface area contributed by atoms with Crippen LogP contribution in [0.2, 0.25) is 0 Å². The van der Waals surface area contributed by atoms with Gasteiger partial charge < -0.3 is 9.84 Å². The number of alkyl halides is 2. The number of carboxylic acids is 1. The smallest absolute Gasteiger partial charge is 0.387 e. The molecular weight excluding hydrogens is 280 g/mol. The number of rotatable bonds is 6. The second-order valence-electron chi connectivity index (χ2n) is 5.43. The number of nitrogens with one attached hydrogen (secondary N) is 1. The molecule has 2 N–H and O–H groups in total. The Labute approximate surface area is 122 Å². The van der Waals surface area contributed by atoms with Gasteiger partial charge in [0.25, 0.3) is 0 Å². The van der Waals surface area contributed by atoms with Crippen LogP contribution in [0.3, 0.4) is 0 Å². The van der Waals surface area contributed by atoms with Crippen LogP contribution in [-0.2, 0) is 10.3 Å². The summed E-state index contributed by atoms with van der Waals surface area (Å²) in [5.41, 5.74) is -1.25. The van der Waals surface area contributed by atoms with Gasteiger partial charge in [0.2, 0.25) is 0 Å². The van der Waals surface area contributed by atoms with Gasteiger partial charge in [-0.2, -0.15) is 8.78 Å². The zero-order valence-corrected chi connectivity index (χ0v) is 11.8. The Morgan fingerprint density at radius 3 is 2.57 bits per heavy atom. The van der Waals surface area contributed by atoms with Crippen LogP contribution in [0.1, 0.15) is 38.2 Å². The van der Waals surface area contributed by atoms with Gasteiger partial charge in [0, 0.05) is 11.6 Å². The molecule has 1 atom stereocenters. The maximum absolute atomic E-state index is 12.5. The quantitative estimate of drug-likeness (QED) is 0.847. The largest absolute Gasteiger partial charge is 0.480 e. The number of carboxylic acid groups (broad SMARTS) is 1. The molecule has 0 amide bonds. The minimum Gasteiger partial charge on any atom is -0.480 e. The average Bonchev–Trinajstić information content (AvgIpc) is 2.91. The molecule has 0 heterocycles. The van der Waals surface area contributed by atoms with Crippen molar-refractivity contribution in [2.75, 3.05) is 0 Å². The first-order chi connectivity index (χ1) is 9.93. The van der Waals surface area contributed by atoms with E-state index in [4.69, 9.17) is 0 Å². The summed E-state index contributed by atoms with van der Waals surface area (Å²) in [5, 5.41) is 12.7. The Bertz CT molecular complexity index is 503. The van der Waals surface area contributed by atoms with E-state index < -0.39 is 18.1 Å². The molecule has 1 saturated carbocycles. The highest BCUT2D eigenvalue weighted by Gasteiger charge is 2.40. The highest BCUT2D eigenvalue weighted by atomic mass is 19.3. The normalized spacial score (nSPS) is 18.7. The first kappa shape index (κ1) is 15.7. The van der Waals surface area contributed by atoms with E-state index in [2.05, 4.69) is 10.1 Å². The van der Waals surface area contributed by atoms with Gasteiger partial charge in [-0.15, -0.1) is 0 Å². The number of para-hydroxylation sites is 1. The summed E-state index contributed by atoms with van der Waals surface area (Å²) in [7, 11) is 0. The standard InChI is InChI=1S/C15H19F2NO3/c1-15(13(19)20,18-10-6-2-3-7-10)11-8-4-5-9-12(11)21-14(16)17/h4-5,8-10,14,18H,2-3,6-7H2,1H3,(H,19,20). The number of aliphatic carboxylic acids is 1. The second kappa shape index (κ2) is 6.39. The molecule has 6 heteroatoms. The van der Waals surface area contributed by atoms with Crippen LogP contribution in [0, 0.1) is 0 Å². The van der Waals surface area contributed by atoms with E-state index in [0.717, 1.165) is 25.7 Å². The van der Waals surface area contributed by atoms with Crippen molar-refractivity contribution in [3.63, 3.8) is 0 Å². The fraction of sp³-hybridized carbons (Fsp3) is 0.533. The van der Waals surface area contributed by atoms with Crippen molar-refractivity contribution >= 4 is 5.97 Å². The molecule has 0 spiro atoms. The van der Waals surface area contributed by atoms with E-state index in [0.29, 0.717) is 0 Å². The summed E-state index contributed by atoms with van der Waals surface area (Å²) in [4.78, 5) is 11.7. The molecule has 0 aliphatic heterocycles. The highest BCUT2D eigenvalue weighted by molar-refractivity contribution is 5.81. The van der Waals surface area contributed by atoms with Gasteiger partial charge in [-0.05, 0) is 25.8 Å². The fourth-order valence-electron chi connectivity index (χ4n) is 2.81. The first-order valence-electron chi connectivity index (χ1n) is 6.99. The van der Waals surface area contributed by atoms with Crippen molar-refractivity contribution in [2.24, 2.45) is 0 Å². The van der Waals surface area contributed by atoms with Gasteiger partial charge >= 0.3 is 12.6 Å². The molecule has 2 rings (SSSR count). The molecule has 1 aromatic rings. The zero-order valence-electron chi connectivity index (χ0n) is 11.8. The van der Waals surface area contributed by atoms with Crippen molar-refractivity contribution in [2.45, 2.75) is 50.8 Å². The number of ether oxygens (including phenoxy) is 1. The first-order valence-corrected chi connectivity index (χ1v) is 6.99. The summed E-state index contributed by atoms with van der Waals surface area (Å²) in [6.07, 6.45) is 3.87. The highest BCUT2D eigenvalue weighted by Crippen LogP contribution is 2.33. The molecular formula is C15H19F2NO3. The zero-order chi connectivity index (χ0) is 15.5. The Morgan fingerprint density at radius 2 is 2.00 bits per heavy atom. The molecule has 1 aliphatic carbocycles. The summed E-state index contributed by atoms with van der Waals surface area (Å²) in [6.45, 7) is -1.50. The molecule has 1 unspecified atom stereocenters. The molecule has 1 fully saturated rings. The van der Waals surface area contributed by atoms with Crippen molar-refractivity contribution in [3.8, 4) is 5.75 Å². The van der Waals surface area contributed by atoms with Crippen LogP contribution in [0.25, 0.3) is 0 Å². The molecule has 4 nitrogen and oxygen atoms in total. The molecule has 0 bridgehead atoms. The van der Waals surface area contributed by atoms with Crippen molar-refractivity contribution in [3.05, 3.63) is 29.8 Å².